The molecule has 0 unspecified atom stereocenters. The molecule has 4 N–H and O–H groups in total. The fourth-order valence-corrected chi connectivity index (χ4v) is 7.27. The van der Waals surface area contributed by atoms with E-state index in [-0.39, 0.29) is 17.9 Å². The molecule has 2 aromatic heterocycles. The van der Waals surface area contributed by atoms with Gasteiger partial charge in [-0.05, 0) is 79.7 Å². The molecule has 2 fully saturated rings. The SMILES string of the molecule is COC(=O)N[C@H](C(=O)N1CCC[C@H]1c1nc2c([nH]1)CCCc1cc(-c3ccc(-c4cnc([C@@H]5CCCN5)[nH]4)cc3)ccc1-2)C(C)C. The summed E-state index contributed by atoms with van der Waals surface area (Å²) in [5, 5.41) is 6.25. The fourth-order valence-electron chi connectivity index (χ4n) is 7.27. The first kappa shape index (κ1) is 30.2. The number of hydrogen-bond acceptors (Lipinski definition) is 6. The third-order valence-corrected chi connectivity index (χ3v) is 9.79. The van der Waals surface area contributed by atoms with Crippen molar-refractivity contribution in [2.45, 2.75) is 76.9 Å². The molecule has 0 saturated carbocycles. The maximum absolute atomic E-state index is 13.7. The molecule has 3 atom stereocenters. The molecule has 0 radical (unpaired) electrons. The van der Waals surface area contributed by atoms with Crippen LogP contribution < -0.4 is 10.6 Å². The molecule has 2 aromatic carbocycles. The number of aryl methyl sites for hydroxylation is 2. The number of nitrogens with zero attached hydrogens (tertiary/aromatic N) is 3. The molecule has 4 heterocycles. The van der Waals surface area contributed by atoms with E-state index in [4.69, 9.17) is 9.72 Å². The van der Waals surface area contributed by atoms with Gasteiger partial charge in [-0.1, -0.05) is 56.3 Å². The molecule has 4 aromatic rings. The van der Waals surface area contributed by atoms with Crippen molar-refractivity contribution in [3.05, 3.63) is 71.6 Å². The summed E-state index contributed by atoms with van der Waals surface area (Å²) in [5.41, 5.74) is 9.11. The number of ether oxygens (including phenoxy) is 1. The predicted molar refractivity (Wildman–Crippen MR) is 177 cm³/mol. The third kappa shape index (κ3) is 5.82. The zero-order valence-corrected chi connectivity index (χ0v) is 26.9. The average Bonchev–Trinajstić information content (AvgIpc) is 3.89. The highest BCUT2D eigenvalue weighted by molar-refractivity contribution is 5.86. The number of fused-ring (bicyclic) bond motifs is 3. The zero-order chi connectivity index (χ0) is 31.8. The number of carbonyl (C=O) groups excluding carboxylic acids is 2. The number of aromatic nitrogens is 4. The van der Waals surface area contributed by atoms with Crippen molar-refractivity contribution in [3.63, 3.8) is 0 Å². The lowest BCUT2D eigenvalue weighted by molar-refractivity contribution is -0.135. The van der Waals surface area contributed by atoms with Crippen molar-refractivity contribution in [1.29, 1.82) is 0 Å². The molecule has 2 amide bonds. The molecule has 10 heteroatoms. The number of H-pyrrole nitrogens is 2. The van der Waals surface area contributed by atoms with E-state index in [0.29, 0.717) is 12.6 Å². The summed E-state index contributed by atoms with van der Waals surface area (Å²) >= 11 is 0. The molecule has 0 spiro atoms. The molecule has 1 aliphatic carbocycles. The molecular formula is C36H43N7O3. The standard InChI is InChI=1S/C36H43N7O3/c1-21(2)31(42-36(45)46-3)35(44)43-18-6-10-30(43)34-39-27-8-4-7-25-19-24(15-16-26(25)32(27)41-34)22-11-13-23(14-12-22)29-20-38-33(40-29)28-9-5-17-37-28/h11-16,19-21,28,30-31,37H,4-10,17-18H2,1-3H3,(H,38,40)(H,39,41)(H,42,45)/t28-,30-,31-/m0/s1. The van der Waals surface area contributed by atoms with Crippen molar-refractivity contribution in [2.75, 3.05) is 20.2 Å². The lowest BCUT2D eigenvalue weighted by atomic mass is 9.95. The number of methoxy groups -OCH3 is 1. The van der Waals surface area contributed by atoms with E-state index in [1.807, 2.05) is 24.9 Å². The Kier molecular flexibility index (Phi) is 8.38. The van der Waals surface area contributed by atoms with Crippen molar-refractivity contribution in [1.82, 2.24) is 35.5 Å². The number of imidazole rings is 2. The molecule has 0 bridgehead atoms. The normalized spacial score (nSPS) is 19.9. The van der Waals surface area contributed by atoms with Crippen LogP contribution in [0.5, 0.6) is 0 Å². The van der Waals surface area contributed by atoms with Gasteiger partial charge in [-0.15, -0.1) is 0 Å². The van der Waals surface area contributed by atoms with Crippen LogP contribution in [0.3, 0.4) is 0 Å². The largest absolute Gasteiger partial charge is 0.453 e. The predicted octanol–water partition coefficient (Wildman–Crippen LogP) is 6.09. The number of hydrogen-bond donors (Lipinski definition) is 4. The van der Waals surface area contributed by atoms with Crippen LogP contribution in [-0.2, 0) is 22.4 Å². The van der Waals surface area contributed by atoms with Crippen LogP contribution >= 0.6 is 0 Å². The second-order valence-electron chi connectivity index (χ2n) is 13.1. The Hall–Kier alpha value is -4.44. The molecule has 10 nitrogen and oxygen atoms in total. The number of aromatic amines is 2. The first-order chi connectivity index (χ1) is 22.4. The smallest absolute Gasteiger partial charge is 0.407 e. The van der Waals surface area contributed by atoms with Gasteiger partial charge in [-0.3, -0.25) is 4.79 Å². The van der Waals surface area contributed by atoms with Gasteiger partial charge in [0.25, 0.3) is 0 Å². The van der Waals surface area contributed by atoms with Crippen LogP contribution in [0.4, 0.5) is 4.79 Å². The molecule has 3 aliphatic rings. The summed E-state index contributed by atoms with van der Waals surface area (Å²) in [6.07, 6.45) is 8.29. The molecule has 2 saturated heterocycles. The summed E-state index contributed by atoms with van der Waals surface area (Å²) in [6.45, 7) is 5.55. The topological polar surface area (TPSA) is 128 Å². The Morgan fingerprint density at radius 1 is 0.957 bits per heavy atom. The summed E-state index contributed by atoms with van der Waals surface area (Å²) < 4.78 is 4.79. The number of likely N-dealkylation sites (tertiary alicyclic amines) is 1. The van der Waals surface area contributed by atoms with Gasteiger partial charge in [0, 0.05) is 17.8 Å². The van der Waals surface area contributed by atoms with Crippen molar-refractivity contribution in [2.24, 2.45) is 5.92 Å². The van der Waals surface area contributed by atoms with Crippen LogP contribution in [0.25, 0.3) is 33.6 Å². The third-order valence-electron chi connectivity index (χ3n) is 9.79. The van der Waals surface area contributed by atoms with Gasteiger partial charge in [0.1, 0.15) is 17.7 Å². The van der Waals surface area contributed by atoms with Crippen LogP contribution in [0.15, 0.2) is 48.7 Å². The van der Waals surface area contributed by atoms with E-state index in [0.717, 1.165) is 84.9 Å². The number of carbonyl (C=O) groups is 2. The highest BCUT2D eigenvalue weighted by Gasteiger charge is 2.38. The number of amides is 2. The molecule has 2 aliphatic heterocycles. The van der Waals surface area contributed by atoms with Crippen molar-refractivity contribution >= 4 is 12.0 Å². The van der Waals surface area contributed by atoms with Crippen LogP contribution in [-0.4, -0.2) is 63.1 Å². The van der Waals surface area contributed by atoms with Gasteiger partial charge in [0.05, 0.1) is 36.8 Å². The Bertz CT molecular complexity index is 1720. The van der Waals surface area contributed by atoms with E-state index >= 15 is 0 Å². The molecule has 46 heavy (non-hydrogen) atoms. The van der Waals surface area contributed by atoms with Gasteiger partial charge in [0.15, 0.2) is 0 Å². The van der Waals surface area contributed by atoms with E-state index < -0.39 is 12.1 Å². The van der Waals surface area contributed by atoms with Gasteiger partial charge in [-0.25, -0.2) is 14.8 Å². The average molecular weight is 622 g/mol. The monoisotopic (exact) mass is 621 g/mol. The quantitative estimate of drug-likeness (QED) is 0.198. The first-order valence-corrected chi connectivity index (χ1v) is 16.7. The summed E-state index contributed by atoms with van der Waals surface area (Å²) in [7, 11) is 1.31. The highest BCUT2D eigenvalue weighted by Crippen LogP contribution is 2.38. The summed E-state index contributed by atoms with van der Waals surface area (Å²) in [6, 6.07) is 14.9. The minimum Gasteiger partial charge on any atom is -0.453 e. The molecular weight excluding hydrogens is 578 g/mol. The fraction of sp³-hybridized carbons (Fsp3) is 0.444. The Balaban J connectivity index is 1.11. The summed E-state index contributed by atoms with van der Waals surface area (Å²) in [5.74, 6) is 1.68. The Morgan fingerprint density at radius 2 is 1.76 bits per heavy atom. The van der Waals surface area contributed by atoms with E-state index in [2.05, 4.69) is 68.1 Å². The number of benzene rings is 2. The maximum atomic E-state index is 13.7. The van der Waals surface area contributed by atoms with E-state index in [9.17, 15) is 9.59 Å². The molecule has 7 rings (SSSR count). The highest BCUT2D eigenvalue weighted by atomic mass is 16.5. The zero-order valence-electron chi connectivity index (χ0n) is 26.9. The van der Waals surface area contributed by atoms with Crippen LogP contribution in [0.1, 0.15) is 80.9 Å². The van der Waals surface area contributed by atoms with Crippen molar-refractivity contribution in [3.8, 4) is 33.6 Å². The van der Waals surface area contributed by atoms with E-state index in [1.165, 1.54) is 30.2 Å². The van der Waals surface area contributed by atoms with Gasteiger partial charge >= 0.3 is 6.09 Å². The van der Waals surface area contributed by atoms with E-state index in [1.54, 1.807) is 0 Å². The van der Waals surface area contributed by atoms with Crippen LogP contribution in [0.2, 0.25) is 0 Å². The van der Waals surface area contributed by atoms with Gasteiger partial charge in [-0.2, -0.15) is 0 Å². The number of alkyl carbamates (subject to hydrolysis) is 1. The minimum absolute atomic E-state index is 0.0732. The van der Waals surface area contributed by atoms with Gasteiger partial charge in [0.2, 0.25) is 5.91 Å². The number of rotatable bonds is 7. The summed E-state index contributed by atoms with van der Waals surface area (Å²) in [4.78, 5) is 44.4. The lowest BCUT2D eigenvalue weighted by Gasteiger charge is -2.30. The Morgan fingerprint density at radius 3 is 2.52 bits per heavy atom. The second kappa shape index (κ2) is 12.7. The van der Waals surface area contributed by atoms with Crippen molar-refractivity contribution < 1.29 is 14.3 Å². The maximum Gasteiger partial charge on any atom is 0.407 e. The van der Waals surface area contributed by atoms with Gasteiger partial charge < -0.3 is 30.2 Å². The Labute approximate surface area is 269 Å². The number of nitrogens with one attached hydrogen (secondary N) is 4. The minimum atomic E-state index is -0.653. The molecule has 240 valence electrons. The lowest BCUT2D eigenvalue weighted by Crippen LogP contribution is -2.51. The first-order valence-electron chi connectivity index (χ1n) is 16.7. The second-order valence-corrected chi connectivity index (χ2v) is 13.1. The van der Waals surface area contributed by atoms with Crippen LogP contribution in [0, 0.1) is 5.92 Å².